The lowest BCUT2D eigenvalue weighted by Gasteiger charge is -2.21. The number of nitrogen functional groups attached to an aromatic ring is 1. The molecule has 3 aromatic rings. The van der Waals surface area contributed by atoms with Gasteiger partial charge in [0, 0.05) is 17.3 Å². The monoisotopic (exact) mass is 522 g/mol. The SMILES string of the molecule is COc1cc(N=Nc2ccc(O)cc2)c(C)cc1N(N)/N=C1\C(=O)c2ccc(N)cc2C=C1S(=O)(=O)O. The van der Waals surface area contributed by atoms with Gasteiger partial charge in [-0.05, 0) is 72.7 Å². The van der Waals surface area contributed by atoms with Crippen molar-refractivity contribution < 1.29 is 27.6 Å². The van der Waals surface area contributed by atoms with Gasteiger partial charge in [0.1, 0.15) is 22.1 Å². The van der Waals surface area contributed by atoms with Gasteiger partial charge < -0.3 is 15.6 Å². The molecule has 0 bridgehead atoms. The van der Waals surface area contributed by atoms with Crippen molar-refractivity contribution in [3.8, 4) is 11.5 Å². The van der Waals surface area contributed by atoms with Crippen LogP contribution in [-0.4, -0.2) is 36.7 Å². The molecule has 0 amide bonds. The Labute approximate surface area is 211 Å². The fraction of sp³-hybridized carbons (Fsp3) is 0.0833. The lowest BCUT2D eigenvalue weighted by Crippen LogP contribution is -2.33. The molecule has 37 heavy (non-hydrogen) atoms. The van der Waals surface area contributed by atoms with Crippen LogP contribution in [0, 0.1) is 6.92 Å². The number of hydrogen-bond donors (Lipinski definition) is 4. The van der Waals surface area contributed by atoms with Crippen LogP contribution < -0.4 is 21.4 Å². The van der Waals surface area contributed by atoms with Crippen molar-refractivity contribution in [3.63, 3.8) is 0 Å². The van der Waals surface area contributed by atoms with Gasteiger partial charge in [0.15, 0.2) is 5.71 Å². The van der Waals surface area contributed by atoms with Gasteiger partial charge in [0.05, 0.1) is 18.5 Å². The molecule has 0 aromatic heterocycles. The summed E-state index contributed by atoms with van der Waals surface area (Å²) in [5.41, 5.74) is 7.56. The fourth-order valence-corrected chi connectivity index (χ4v) is 4.21. The number of azo groups is 1. The predicted octanol–water partition coefficient (Wildman–Crippen LogP) is 3.87. The smallest absolute Gasteiger partial charge is 0.296 e. The van der Waals surface area contributed by atoms with Crippen molar-refractivity contribution in [1.82, 2.24) is 0 Å². The number of Topliss-reactive ketones (excluding diaryl/α,β-unsaturated/α-hetero) is 1. The van der Waals surface area contributed by atoms with Crippen LogP contribution in [0.5, 0.6) is 11.5 Å². The van der Waals surface area contributed by atoms with Crippen molar-refractivity contribution in [2.75, 3.05) is 18.0 Å². The molecule has 6 N–H and O–H groups in total. The van der Waals surface area contributed by atoms with Crippen LogP contribution >= 0.6 is 0 Å². The number of fused-ring (bicyclic) bond motifs is 1. The standard InChI is InChI=1S/C24H22N6O6S/c1-13-9-20(21(36-2)12-19(13)28-27-16-4-6-17(31)7-5-16)30(26)29-23-22(37(33,34)35)11-14-10-15(25)3-8-18(14)24(23)32/h3-12,31H,25-26H2,1-2H3,(H,33,34,35)/b28-27?,29-23-. The van der Waals surface area contributed by atoms with Crippen LogP contribution in [-0.2, 0) is 10.1 Å². The zero-order chi connectivity index (χ0) is 26.9. The van der Waals surface area contributed by atoms with E-state index in [0.717, 1.165) is 11.2 Å². The average molecular weight is 523 g/mol. The number of nitrogens with two attached hydrogens (primary N) is 2. The maximum atomic E-state index is 13.1. The number of anilines is 2. The maximum absolute atomic E-state index is 13.1. The van der Waals surface area contributed by atoms with Gasteiger partial charge in [-0.15, -0.1) is 0 Å². The van der Waals surface area contributed by atoms with Crippen molar-refractivity contribution in [1.29, 1.82) is 0 Å². The topological polar surface area (TPSA) is 193 Å². The number of phenols is 1. The Morgan fingerprint density at radius 3 is 2.38 bits per heavy atom. The second-order valence-electron chi connectivity index (χ2n) is 7.98. The number of benzene rings is 3. The average Bonchev–Trinajstić information content (AvgIpc) is 2.84. The summed E-state index contributed by atoms with van der Waals surface area (Å²) in [5, 5.41) is 22.5. The highest BCUT2D eigenvalue weighted by molar-refractivity contribution is 7.91. The highest BCUT2D eigenvalue weighted by atomic mass is 32.2. The van der Waals surface area contributed by atoms with Gasteiger partial charge >= 0.3 is 0 Å². The summed E-state index contributed by atoms with van der Waals surface area (Å²) in [6.07, 6.45) is 1.10. The van der Waals surface area contributed by atoms with Crippen molar-refractivity contribution >= 4 is 50.4 Å². The molecule has 1 aliphatic carbocycles. The number of phenolic OH excluding ortho intramolecular Hbond substituents is 1. The number of aryl methyl sites for hydroxylation is 1. The minimum absolute atomic E-state index is 0.0990. The number of aromatic hydroxyl groups is 1. The summed E-state index contributed by atoms with van der Waals surface area (Å²) in [4.78, 5) is 12.4. The van der Waals surface area contributed by atoms with Crippen LogP contribution in [0.15, 0.2) is 74.8 Å². The zero-order valence-corrected chi connectivity index (χ0v) is 20.5. The molecular formula is C24H22N6O6S. The van der Waals surface area contributed by atoms with Gasteiger partial charge in [-0.2, -0.15) is 28.9 Å². The molecule has 0 radical (unpaired) electrons. The largest absolute Gasteiger partial charge is 0.508 e. The number of carbonyl (C=O) groups excluding carboxylic acids is 1. The maximum Gasteiger partial charge on any atom is 0.296 e. The van der Waals surface area contributed by atoms with Crippen LogP contribution in [0.2, 0.25) is 0 Å². The molecule has 0 heterocycles. The number of ketones is 1. The van der Waals surface area contributed by atoms with Crippen molar-refractivity contribution in [2.24, 2.45) is 21.2 Å². The van der Waals surface area contributed by atoms with E-state index in [4.69, 9.17) is 16.3 Å². The first kappa shape index (κ1) is 25.5. The molecule has 190 valence electrons. The lowest BCUT2D eigenvalue weighted by molar-refractivity contribution is 0.106. The van der Waals surface area contributed by atoms with Gasteiger partial charge in [0.25, 0.3) is 10.1 Å². The second kappa shape index (κ2) is 9.81. The van der Waals surface area contributed by atoms with Crippen molar-refractivity contribution in [3.05, 3.63) is 76.2 Å². The van der Waals surface area contributed by atoms with Crippen LogP contribution in [0.4, 0.5) is 22.7 Å². The van der Waals surface area contributed by atoms with E-state index >= 15 is 0 Å². The van der Waals surface area contributed by atoms with E-state index in [2.05, 4.69) is 15.3 Å². The summed E-state index contributed by atoms with van der Waals surface area (Å²) < 4.78 is 39.4. The predicted molar refractivity (Wildman–Crippen MR) is 139 cm³/mol. The van der Waals surface area contributed by atoms with Crippen molar-refractivity contribution in [2.45, 2.75) is 6.92 Å². The number of ether oxygens (including phenoxy) is 1. The van der Waals surface area contributed by atoms with E-state index in [1.165, 1.54) is 43.5 Å². The summed E-state index contributed by atoms with van der Waals surface area (Å²) in [7, 11) is -3.47. The fourth-order valence-electron chi connectivity index (χ4n) is 3.55. The molecule has 0 aliphatic heterocycles. The van der Waals surface area contributed by atoms with E-state index in [1.54, 1.807) is 25.1 Å². The number of rotatable bonds is 6. The Kier molecular flexibility index (Phi) is 6.76. The Hall–Kier alpha value is -4.59. The number of allylic oxidation sites excluding steroid dienone is 1. The molecule has 0 unspecified atom stereocenters. The Balaban J connectivity index is 1.74. The lowest BCUT2D eigenvalue weighted by atomic mass is 9.94. The summed E-state index contributed by atoms with van der Waals surface area (Å²) in [6.45, 7) is 1.73. The summed E-state index contributed by atoms with van der Waals surface area (Å²) in [6, 6.07) is 13.6. The summed E-state index contributed by atoms with van der Waals surface area (Å²) >= 11 is 0. The van der Waals surface area contributed by atoms with Gasteiger partial charge in [0.2, 0.25) is 5.78 Å². The first-order valence-electron chi connectivity index (χ1n) is 10.6. The normalized spacial score (nSPS) is 14.5. The third-order valence-corrected chi connectivity index (χ3v) is 6.28. The van der Waals surface area contributed by atoms with E-state index < -0.39 is 26.5 Å². The quantitative estimate of drug-likeness (QED) is 0.122. The van der Waals surface area contributed by atoms with Gasteiger partial charge in [-0.1, -0.05) is 0 Å². The molecule has 4 rings (SSSR count). The molecular weight excluding hydrogens is 500 g/mol. The number of hydrazone groups is 1. The zero-order valence-electron chi connectivity index (χ0n) is 19.7. The van der Waals surface area contributed by atoms with Gasteiger partial charge in [-0.3, -0.25) is 9.35 Å². The minimum Gasteiger partial charge on any atom is -0.508 e. The van der Waals surface area contributed by atoms with E-state index in [1.807, 2.05) is 0 Å². The van der Waals surface area contributed by atoms with E-state index in [-0.39, 0.29) is 28.3 Å². The Morgan fingerprint density at radius 1 is 1.03 bits per heavy atom. The first-order chi connectivity index (χ1) is 17.5. The molecule has 0 saturated heterocycles. The number of hydrogen-bond acceptors (Lipinski definition) is 11. The Bertz CT molecular complexity index is 1600. The molecule has 0 atom stereocenters. The highest BCUT2D eigenvalue weighted by Gasteiger charge is 2.33. The third kappa shape index (κ3) is 5.33. The van der Waals surface area contributed by atoms with Gasteiger partial charge in [-0.25, -0.2) is 5.84 Å². The second-order valence-corrected chi connectivity index (χ2v) is 9.37. The molecule has 1 aliphatic rings. The number of carbonyl (C=O) groups is 1. The van der Waals surface area contributed by atoms with Crippen LogP contribution in [0.1, 0.15) is 21.5 Å². The molecule has 13 heteroatoms. The van der Waals surface area contributed by atoms with Crippen LogP contribution in [0.3, 0.4) is 0 Å². The molecule has 0 spiro atoms. The van der Waals surface area contributed by atoms with E-state index in [0.29, 0.717) is 22.6 Å². The number of methoxy groups -OCH3 is 1. The molecule has 3 aromatic carbocycles. The molecule has 0 fully saturated rings. The summed E-state index contributed by atoms with van der Waals surface area (Å²) in [5.74, 6) is 5.66. The minimum atomic E-state index is -4.85. The van der Waals surface area contributed by atoms with Crippen LogP contribution in [0.25, 0.3) is 6.08 Å². The Morgan fingerprint density at radius 2 is 1.73 bits per heavy atom. The number of nitrogens with zero attached hydrogens (tertiary/aromatic N) is 4. The highest BCUT2D eigenvalue weighted by Crippen LogP contribution is 2.36. The third-order valence-electron chi connectivity index (χ3n) is 5.41. The molecule has 0 saturated carbocycles. The van der Waals surface area contributed by atoms with E-state index in [9.17, 15) is 22.9 Å². The first-order valence-corrected chi connectivity index (χ1v) is 12.1. The molecule has 12 nitrogen and oxygen atoms in total. The number of hydrazine groups is 1.